The maximum absolute atomic E-state index is 4.23. The second-order valence-electron chi connectivity index (χ2n) is 7.45. The van der Waals surface area contributed by atoms with E-state index in [2.05, 4.69) is 46.4 Å². The van der Waals surface area contributed by atoms with Gasteiger partial charge in [0.1, 0.15) is 0 Å². The van der Waals surface area contributed by atoms with Gasteiger partial charge in [0.05, 0.1) is 0 Å². The molecule has 0 amide bonds. The van der Waals surface area contributed by atoms with Crippen LogP contribution in [0, 0.1) is 23.7 Å². The van der Waals surface area contributed by atoms with Crippen molar-refractivity contribution in [3.05, 3.63) is 46.6 Å². The van der Waals surface area contributed by atoms with Gasteiger partial charge < -0.3 is 0 Å². The van der Waals surface area contributed by atoms with Crippen LogP contribution >= 0.6 is 0 Å². The normalized spacial score (nSPS) is 33.6. The van der Waals surface area contributed by atoms with E-state index in [0.717, 1.165) is 30.1 Å². The summed E-state index contributed by atoms with van der Waals surface area (Å²) in [6.07, 6.45) is 9.86. The highest BCUT2D eigenvalue weighted by Crippen LogP contribution is 2.53. The van der Waals surface area contributed by atoms with Crippen molar-refractivity contribution in [2.75, 3.05) is 0 Å². The summed E-state index contributed by atoms with van der Waals surface area (Å²) in [5.74, 6) is 3.08. The van der Waals surface area contributed by atoms with Gasteiger partial charge in [0.15, 0.2) is 0 Å². The van der Waals surface area contributed by atoms with E-state index < -0.39 is 0 Å². The molecule has 0 spiro atoms. The number of hydrogen-bond acceptors (Lipinski definition) is 0. The summed E-state index contributed by atoms with van der Waals surface area (Å²) in [4.78, 5) is 0. The monoisotopic (exact) mass is 268 g/mol. The zero-order valence-electron chi connectivity index (χ0n) is 13.5. The predicted molar refractivity (Wildman–Crippen MR) is 87.5 cm³/mol. The Bertz CT molecular complexity index is 524. The Morgan fingerprint density at radius 3 is 2.65 bits per heavy atom. The van der Waals surface area contributed by atoms with Crippen molar-refractivity contribution < 1.29 is 0 Å². The van der Waals surface area contributed by atoms with Crippen molar-refractivity contribution in [1.82, 2.24) is 0 Å². The van der Waals surface area contributed by atoms with Crippen molar-refractivity contribution in [3.8, 4) is 0 Å². The van der Waals surface area contributed by atoms with Crippen LogP contribution < -0.4 is 0 Å². The lowest BCUT2D eigenvalue weighted by atomic mass is 9.58. The molecule has 0 unspecified atom stereocenters. The van der Waals surface area contributed by atoms with Crippen molar-refractivity contribution >= 4 is 0 Å². The van der Waals surface area contributed by atoms with Crippen molar-refractivity contribution in [2.45, 2.75) is 53.4 Å². The predicted octanol–water partition coefficient (Wildman–Crippen LogP) is 5.84. The smallest absolute Gasteiger partial charge is 0.00988 e. The van der Waals surface area contributed by atoms with Crippen LogP contribution in [0.1, 0.15) is 53.4 Å². The summed E-state index contributed by atoms with van der Waals surface area (Å²) in [7, 11) is 0. The maximum atomic E-state index is 4.23. The molecule has 0 saturated carbocycles. The molecule has 0 bridgehead atoms. The Hall–Kier alpha value is -1.04. The summed E-state index contributed by atoms with van der Waals surface area (Å²) in [5, 5.41) is 0. The number of fused-ring (bicyclic) bond motifs is 2. The molecule has 0 aromatic carbocycles. The van der Waals surface area contributed by atoms with E-state index in [-0.39, 0.29) is 0 Å². The highest BCUT2D eigenvalue weighted by molar-refractivity contribution is 5.49. The van der Waals surface area contributed by atoms with Gasteiger partial charge in [-0.15, -0.1) is 0 Å². The first kappa shape index (κ1) is 13.9. The molecule has 0 heteroatoms. The first-order valence-electron chi connectivity index (χ1n) is 8.24. The molecule has 0 saturated heterocycles. The van der Waals surface area contributed by atoms with Gasteiger partial charge >= 0.3 is 0 Å². The van der Waals surface area contributed by atoms with Crippen LogP contribution in [0.2, 0.25) is 0 Å². The third-order valence-corrected chi connectivity index (χ3v) is 5.77. The Labute approximate surface area is 124 Å². The molecule has 3 rings (SSSR count). The maximum Gasteiger partial charge on any atom is -0.00988 e. The van der Waals surface area contributed by atoms with E-state index in [0.29, 0.717) is 0 Å². The zero-order valence-corrected chi connectivity index (χ0v) is 13.5. The van der Waals surface area contributed by atoms with E-state index in [1.54, 1.807) is 22.3 Å². The van der Waals surface area contributed by atoms with E-state index >= 15 is 0 Å². The minimum atomic E-state index is 0.730. The van der Waals surface area contributed by atoms with Crippen LogP contribution in [-0.2, 0) is 0 Å². The lowest BCUT2D eigenvalue weighted by Crippen LogP contribution is -2.37. The van der Waals surface area contributed by atoms with E-state index in [1.807, 2.05) is 0 Å². The molecule has 0 nitrogen and oxygen atoms in total. The minimum Gasteiger partial charge on any atom is -0.0958 e. The molecule has 0 aromatic rings. The molecule has 0 aliphatic heterocycles. The molecule has 0 fully saturated rings. The standard InChI is InChI=1S/C20H28/c1-12(2)20-18-10-13(3)6-8-16(18)15(5)17-9-7-14(4)11-19(17)20/h7,10,12,17,19-20H,3,6,8-9,11H2,1-2,4-5H3/t17-,19-,20+/m1/s1. The van der Waals surface area contributed by atoms with Crippen molar-refractivity contribution in [1.29, 1.82) is 0 Å². The van der Waals surface area contributed by atoms with Gasteiger partial charge in [-0.05, 0) is 74.3 Å². The Kier molecular flexibility index (Phi) is 3.52. The fourth-order valence-electron chi connectivity index (χ4n) is 4.81. The molecule has 0 N–H and O–H groups in total. The fourth-order valence-corrected chi connectivity index (χ4v) is 4.81. The molecule has 20 heavy (non-hydrogen) atoms. The fraction of sp³-hybridized carbons (Fsp3) is 0.600. The topological polar surface area (TPSA) is 0 Å². The first-order valence-corrected chi connectivity index (χ1v) is 8.24. The molecule has 3 atom stereocenters. The molecule has 3 aliphatic carbocycles. The van der Waals surface area contributed by atoms with Gasteiger partial charge in [-0.2, -0.15) is 0 Å². The number of hydrogen-bond donors (Lipinski definition) is 0. The average Bonchev–Trinajstić information content (AvgIpc) is 2.37. The third-order valence-electron chi connectivity index (χ3n) is 5.77. The average molecular weight is 268 g/mol. The van der Waals surface area contributed by atoms with Crippen LogP contribution in [0.15, 0.2) is 46.6 Å². The van der Waals surface area contributed by atoms with Crippen LogP contribution in [0.4, 0.5) is 0 Å². The van der Waals surface area contributed by atoms with Gasteiger partial charge in [0.2, 0.25) is 0 Å². The second-order valence-corrected chi connectivity index (χ2v) is 7.45. The molecule has 0 heterocycles. The first-order chi connectivity index (χ1) is 9.49. The molecule has 3 aliphatic rings. The highest BCUT2D eigenvalue weighted by Gasteiger charge is 2.42. The summed E-state index contributed by atoms with van der Waals surface area (Å²) in [6.45, 7) is 13.8. The molecule has 0 radical (unpaired) electrons. The van der Waals surface area contributed by atoms with Gasteiger partial charge in [-0.25, -0.2) is 0 Å². The van der Waals surface area contributed by atoms with Crippen LogP contribution in [0.3, 0.4) is 0 Å². The molecular weight excluding hydrogens is 240 g/mol. The van der Waals surface area contributed by atoms with Gasteiger partial charge in [-0.3, -0.25) is 0 Å². The quantitative estimate of drug-likeness (QED) is 0.524. The second kappa shape index (κ2) is 5.06. The number of rotatable bonds is 1. The third kappa shape index (κ3) is 2.14. The molecule has 0 aromatic heterocycles. The summed E-state index contributed by atoms with van der Waals surface area (Å²) in [6, 6.07) is 0. The molecule has 108 valence electrons. The lowest BCUT2D eigenvalue weighted by molar-refractivity contribution is 0.206. The van der Waals surface area contributed by atoms with Crippen molar-refractivity contribution in [3.63, 3.8) is 0 Å². The summed E-state index contributed by atoms with van der Waals surface area (Å²) < 4.78 is 0. The van der Waals surface area contributed by atoms with E-state index in [1.165, 1.54) is 24.8 Å². The van der Waals surface area contributed by atoms with Crippen LogP contribution in [-0.4, -0.2) is 0 Å². The lowest BCUT2D eigenvalue weighted by Gasteiger charge is -2.47. The highest BCUT2D eigenvalue weighted by atomic mass is 14.5. The number of allylic oxidation sites excluding steroid dienone is 7. The zero-order chi connectivity index (χ0) is 14.4. The van der Waals surface area contributed by atoms with E-state index in [4.69, 9.17) is 0 Å². The summed E-state index contributed by atoms with van der Waals surface area (Å²) >= 11 is 0. The van der Waals surface area contributed by atoms with Crippen molar-refractivity contribution in [2.24, 2.45) is 23.7 Å². The minimum absolute atomic E-state index is 0.730. The Morgan fingerprint density at radius 2 is 1.95 bits per heavy atom. The summed E-state index contributed by atoms with van der Waals surface area (Å²) in [5.41, 5.74) is 7.96. The van der Waals surface area contributed by atoms with E-state index in [9.17, 15) is 0 Å². The van der Waals surface area contributed by atoms with Crippen LogP contribution in [0.5, 0.6) is 0 Å². The molecular formula is C20H28. The van der Waals surface area contributed by atoms with Gasteiger partial charge in [0, 0.05) is 0 Å². The largest absolute Gasteiger partial charge is 0.0958 e. The van der Waals surface area contributed by atoms with Gasteiger partial charge in [0.25, 0.3) is 0 Å². The Morgan fingerprint density at radius 1 is 1.20 bits per heavy atom. The SMILES string of the molecule is C=C1C=C2C(=C(C)[C@H]3CC=C(C)C[C@H]3[C@H]2C(C)C)CC1. The van der Waals surface area contributed by atoms with Gasteiger partial charge in [-0.1, -0.05) is 49.3 Å². The van der Waals surface area contributed by atoms with Crippen LogP contribution in [0.25, 0.3) is 0 Å². The Balaban J connectivity index is 2.12.